The van der Waals surface area contributed by atoms with Crippen molar-refractivity contribution in [1.82, 2.24) is 9.80 Å². The topological polar surface area (TPSA) is 24.9 Å². The van der Waals surface area contributed by atoms with E-state index in [2.05, 4.69) is 84.6 Å². The van der Waals surface area contributed by atoms with Crippen LogP contribution in [-0.4, -0.2) is 46.0 Å². The van der Waals surface area contributed by atoms with Crippen molar-refractivity contribution in [2.75, 3.05) is 7.05 Å². The van der Waals surface area contributed by atoms with Gasteiger partial charge < -0.3 is 19.3 Å². The highest BCUT2D eigenvalue weighted by Crippen LogP contribution is 2.36. The minimum atomic E-state index is -0.737. The maximum atomic E-state index is 6.39. The Kier molecular flexibility index (Phi) is 5.06. The number of nitrogens with zero attached hydrogens (tertiary/aromatic N) is 2. The number of ether oxygens (including phenoxy) is 2. The second kappa shape index (κ2) is 5.81. The van der Waals surface area contributed by atoms with Crippen LogP contribution in [0.25, 0.3) is 0 Å². The fraction of sp³-hybridized carbons (Fsp3) is 0.882. The van der Waals surface area contributed by atoms with E-state index >= 15 is 0 Å². The second-order valence-corrected chi connectivity index (χ2v) is 8.32. The van der Waals surface area contributed by atoms with Crippen LogP contribution < -0.4 is 0 Å². The van der Waals surface area contributed by atoms with Gasteiger partial charge in [0.2, 0.25) is 5.79 Å². The summed E-state index contributed by atoms with van der Waals surface area (Å²) < 4.78 is 12.8. The van der Waals surface area contributed by atoms with Gasteiger partial charge in [-0.1, -0.05) is 0 Å². The summed E-state index contributed by atoms with van der Waals surface area (Å²) in [7, 11) is 2.07. The number of likely N-dealkylation sites (N-methyl/N-ethyl adjacent to an activating group) is 1. The van der Waals surface area contributed by atoms with Gasteiger partial charge in [0.25, 0.3) is 0 Å². The summed E-state index contributed by atoms with van der Waals surface area (Å²) in [6.07, 6.45) is 4.21. The van der Waals surface area contributed by atoms with Crippen molar-refractivity contribution in [3.8, 4) is 0 Å². The predicted octanol–water partition coefficient (Wildman–Crippen LogP) is 3.79. The van der Waals surface area contributed by atoms with Gasteiger partial charge in [0, 0.05) is 25.5 Å². The van der Waals surface area contributed by atoms with Crippen molar-refractivity contribution >= 4 is 0 Å². The normalized spacial score (nSPS) is 20.8. The molecular formula is C17H34N2O2. The van der Waals surface area contributed by atoms with Crippen LogP contribution >= 0.6 is 0 Å². The number of hydrogen-bond donors (Lipinski definition) is 0. The third-order valence-corrected chi connectivity index (χ3v) is 3.23. The number of rotatable bonds is 4. The van der Waals surface area contributed by atoms with Gasteiger partial charge in [0.15, 0.2) is 6.17 Å². The first-order valence-electron chi connectivity index (χ1n) is 7.83. The Morgan fingerprint density at radius 1 is 0.857 bits per heavy atom. The molecule has 0 N–H and O–H groups in total. The molecule has 1 aliphatic heterocycles. The molecule has 4 nitrogen and oxygen atoms in total. The van der Waals surface area contributed by atoms with Crippen LogP contribution in [0.4, 0.5) is 0 Å². The second-order valence-electron chi connectivity index (χ2n) is 8.32. The zero-order valence-corrected chi connectivity index (χ0v) is 15.5. The molecule has 0 aromatic heterocycles. The van der Waals surface area contributed by atoms with E-state index in [-0.39, 0.29) is 17.4 Å². The van der Waals surface area contributed by atoms with E-state index in [0.29, 0.717) is 6.04 Å². The Bertz CT molecular complexity index is 361. The molecule has 0 aromatic rings. The maximum Gasteiger partial charge on any atom is 0.206 e. The third-order valence-electron chi connectivity index (χ3n) is 3.23. The lowest BCUT2D eigenvalue weighted by atomic mass is 10.1. The average Bonchev–Trinajstić information content (AvgIpc) is 2.54. The van der Waals surface area contributed by atoms with Gasteiger partial charge in [-0.05, 0) is 62.3 Å². The monoisotopic (exact) mass is 298 g/mol. The van der Waals surface area contributed by atoms with Crippen molar-refractivity contribution in [2.45, 2.75) is 91.5 Å². The van der Waals surface area contributed by atoms with Crippen LogP contribution in [0, 0.1) is 0 Å². The fourth-order valence-corrected chi connectivity index (χ4v) is 2.99. The van der Waals surface area contributed by atoms with E-state index in [9.17, 15) is 0 Å². The molecule has 1 rings (SSSR count). The van der Waals surface area contributed by atoms with Gasteiger partial charge in [-0.15, -0.1) is 0 Å². The molecule has 0 saturated heterocycles. The van der Waals surface area contributed by atoms with Crippen molar-refractivity contribution in [3.63, 3.8) is 0 Å². The molecule has 0 radical (unpaired) electrons. The first kappa shape index (κ1) is 18.3. The first-order valence-corrected chi connectivity index (χ1v) is 7.83. The Hall–Kier alpha value is -0.740. The molecule has 0 aliphatic carbocycles. The largest absolute Gasteiger partial charge is 0.355 e. The van der Waals surface area contributed by atoms with Crippen molar-refractivity contribution in [3.05, 3.63) is 12.4 Å². The van der Waals surface area contributed by atoms with Crippen molar-refractivity contribution in [1.29, 1.82) is 0 Å². The Morgan fingerprint density at radius 2 is 1.29 bits per heavy atom. The van der Waals surface area contributed by atoms with Crippen LogP contribution in [0.1, 0.15) is 62.3 Å². The fourth-order valence-electron chi connectivity index (χ4n) is 2.99. The first-order chi connectivity index (χ1) is 9.25. The molecular weight excluding hydrogens is 264 g/mol. The lowest BCUT2D eigenvalue weighted by Gasteiger charge is -2.49. The summed E-state index contributed by atoms with van der Waals surface area (Å²) in [5.41, 5.74) is -0.571. The van der Waals surface area contributed by atoms with E-state index in [1.165, 1.54) is 0 Å². The lowest BCUT2D eigenvalue weighted by molar-refractivity contribution is -0.335. The van der Waals surface area contributed by atoms with E-state index < -0.39 is 5.79 Å². The molecule has 0 aromatic carbocycles. The average molecular weight is 298 g/mol. The molecule has 4 heteroatoms. The Balaban J connectivity index is 3.16. The molecule has 0 amide bonds. The van der Waals surface area contributed by atoms with E-state index in [1.807, 2.05) is 6.92 Å². The smallest absolute Gasteiger partial charge is 0.206 e. The Labute approximate surface area is 131 Å². The van der Waals surface area contributed by atoms with Crippen LogP contribution in [0.2, 0.25) is 0 Å². The molecule has 124 valence electrons. The van der Waals surface area contributed by atoms with E-state index in [1.54, 1.807) is 0 Å². The standard InChI is InChI=1S/C17H34N2O2/c1-13(2)19-12-11-18(10)14(19)17(9,20-15(3,4)5)21-16(6,7)8/h11-14H,1-10H3. The molecule has 0 bridgehead atoms. The van der Waals surface area contributed by atoms with E-state index in [4.69, 9.17) is 9.47 Å². The Morgan fingerprint density at radius 3 is 1.62 bits per heavy atom. The highest BCUT2D eigenvalue weighted by atomic mass is 16.7. The highest BCUT2D eigenvalue weighted by molar-refractivity contribution is 5.03. The van der Waals surface area contributed by atoms with Gasteiger partial charge in [-0.3, -0.25) is 0 Å². The molecule has 1 heterocycles. The quantitative estimate of drug-likeness (QED) is 0.737. The molecule has 0 saturated carbocycles. The molecule has 0 fully saturated rings. The maximum absolute atomic E-state index is 6.39. The van der Waals surface area contributed by atoms with Gasteiger partial charge in [0.05, 0.1) is 11.2 Å². The van der Waals surface area contributed by atoms with E-state index in [0.717, 1.165) is 0 Å². The lowest BCUT2D eigenvalue weighted by Crippen LogP contribution is -2.61. The summed E-state index contributed by atoms with van der Waals surface area (Å²) in [6.45, 7) is 18.8. The molecule has 1 atom stereocenters. The van der Waals surface area contributed by atoms with Crippen molar-refractivity contribution < 1.29 is 9.47 Å². The predicted molar refractivity (Wildman–Crippen MR) is 87.7 cm³/mol. The van der Waals surface area contributed by atoms with Crippen LogP contribution in [0.3, 0.4) is 0 Å². The van der Waals surface area contributed by atoms with Crippen LogP contribution in [0.15, 0.2) is 12.4 Å². The summed E-state index contributed by atoms with van der Waals surface area (Å²) in [5.74, 6) is -0.737. The van der Waals surface area contributed by atoms with Gasteiger partial charge in [-0.25, -0.2) is 0 Å². The summed E-state index contributed by atoms with van der Waals surface area (Å²) in [4.78, 5) is 4.45. The zero-order chi connectivity index (χ0) is 16.6. The summed E-state index contributed by atoms with van der Waals surface area (Å²) >= 11 is 0. The summed E-state index contributed by atoms with van der Waals surface area (Å²) in [5, 5.41) is 0. The van der Waals surface area contributed by atoms with Gasteiger partial charge in [-0.2, -0.15) is 0 Å². The zero-order valence-electron chi connectivity index (χ0n) is 15.5. The van der Waals surface area contributed by atoms with Crippen LogP contribution in [0.5, 0.6) is 0 Å². The van der Waals surface area contributed by atoms with Gasteiger partial charge >= 0.3 is 0 Å². The minimum Gasteiger partial charge on any atom is -0.355 e. The molecule has 0 spiro atoms. The van der Waals surface area contributed by atoms with Crippen molar-refractivity contribution in [2.24, 2.45) is 0 Å². The minimum absolute atomic E-state index is 0.0101. The van der Waals surface area contributed by atoms with Gasteiger partial charge in [0.1, 0.15) is 0 Å². The highest BCUT2D eigenvalue weighted by Gasteiger charge is 2.48. The number of hydrogen-bond acceptors (Lipinski definition) is 4. The SMILES string of the molecule is CC(C)N1C=CN(C)C1C(C)(OC(C)(C)C)OC(C)(C)C. The third kappa shape index (κ3) is 4.89. The molecule has 21 heavy (non-hydrogen) atoms. The summed E-state index contributed by atoms with van der Waals surface area (Å²) in [6, 6.07) is 0.377. The molecule has 1 unspecified atom stereocenters. The van der Waals surface area contributed by atoms with Crippen LogP contribution in [-0.2, 0) is 9.47 Å². The molecule has 1 aliphatic rings.